The van der Waals surface area contributed by atoms with Crippen LogP contribution in [0.4, 0.5) is 5.13 Å². The number of aryl methyl sites for hydroxylation is 2. The molecule has 170 valence electrons. The molecule has 5 N–H and O–H groups in total. The molecule has 2 heterocycles. The lowest BCUT2D eigenvalue weighted by Gasteiger charge is -2.04. The number of thiazole rings is 1. The number of hydrogen-bond acceptors (Lipinski definition) is 6. The zero-order chi connectivity index (χ0) is 23.3. The summed E-state index contributed by atoms with van der Waals surface area (Å²) < 4.78 is 0. The van der Waals surface area contributed by atoms with Crippen molar-refractivity contribution >= 4 is 45.0 Å². The highest BCUT2D eigenvalue weighted by Crippen LogP contribution is 2.28. The fraction of sp³-hybridized carbons (Fsp3) is 0.391. The van der Waals surface area contributed by atoms with E-state index in [1.165, 1.54) is 11.3 Å². The molecule has 0 fully saturated rings. The van der Waals surface area contributed by atoms with E-state index in [1.807, 2.05) is 13.8 Å². The van der Waals surface area contributed by atoms with Crippen molar-refractivity contribution in [3.8, 4) is 0 Å². The molecule has 0 spiro atoms. The Labute approximate surface area is 190 Å². The fourth-order valence-corrected chi connectivity index (χ4v) is 4.51. The summed E-state index contributed by atoms with van der Waals surface area (Å²) in [4.78, 5) is 45.1. The van der Waals surface area contributed by atoms with Gasteiger partial charge in [-0.2, -0.15) is 0 Å². The van der Waals surface area contributed by atoms with Crippen molar-refractivity contribution in [3.05, 3.63) is 45.6 Å². The number of carbonyl (C=O) groups excluding carboxylic acids is 2. The first-order valence-corrected chi connectivity index (χ1v) is 11.6. The van der Waals surface area contributed by atoms with E-state index in [-0.39, 0.29) is 17.4 Å². The first-order valence-electron chi connectivity index (χ1n) is 10.8. The number of amides is 1. The second-order valence-corrected chi connectivity index (χ2v) is 8.65. The van der Waals surface area contributed by atoms with E-state index in [9.17, 15) is 19.5 Å². The second-order valence-electron chi connectivity index (χ2n) is 7.56. The molecule has 32 heavy (non-hydrogen) atoms. The number of aromatic carboxylic acids is 1. The van der Waals surface area contributed by atoms with Gasteiger partial charge in [0.1, 0.15) is 11.4 Å². The minimum absolute atomic E-state index is 0.0000584. The first-order chi connectivity index (χ1) is 15.4. The van der Waals surface area contributed by atoms with Gasteiger partial charge in [0.2, 0.25) is 0 Å². The third kappa shape index (κ3) is 5.05. The lowest BCUT2D eigenvalue weighted by atomic mass is 10.0. The zero-order valence-corrected chi connectivity index (χ0v) is 19.1. The van der Waals surface area contributed by atoms with Gasteiger partial charge in [0.05, 0.1) is 0 Å². The number of fused-ring (bicyclic) bond motifs is 1. The lowest BCUT2D eigenvalue weighted by molar-refractivity contribution is 0.0689. The van der Waals surface area contributed by atoms with Crippen molar-refractivity contribution in [2.24, 2.45) is 5.73 Å². The zero-order valence-electron chi connectivity index (χ0n) is 18.3. The molecule has 0 atom stereocenters. The lowest BCUT2D eigenvalue weighted by Crippen LogP contribution is -2.12. The highest BCUT2D eigenvalue weighted by atomic mass is 32.1. The molecule has 1 amide bonds. The maximum Gasteiger partial charge on any atom is 0.352 e. The van der Waals surface area contributed by atoms with Crippen LogP contribution >= 0.6 is 11.3 Å². The first kappa shape index (κ1) is 23.6. The van der Waals surface area contributed by atoms with Gasteiger partial charge in [-0.25, -0.2) is 9.78 Å². The molecule has 0 aliphatic rings. The summed E-state index contributed by atoms with van der Waals surface area (Å²) in [6.45, 7) is 4.43. The van der Waals surface area contributed by atoms with Gasteiger partial charge in [-0.15, -0.1) is 11.3 Å². The number of nitrogens with two attached hydrogens (primary N) is 1. The average Bonchev–Trinajstić information content (AvgIpc) is 3.36. The largest absolute Gasteiger partial charge is 0.477 e. The van der Waals surface area contributed by atoms with Gasteiger partial charge >= 0.3 is 5.97 Å². The smallest absolute Gasteiger partial charge is 0.352 e. The van der Waals surface area contributed by atoms with Gasteiger partial charge in [0.25, 0.3) is 5.91 Å². The number of carboxylic acid groups (broad SMARTS) is 1. The maximum atomic E-state index is 12.9. The normalized spacial score (nSPS) is 11.1. The Morgan fingerprint density at radius 3 is 2.66 bits per heavy atom. The molecule has 2 aromatic heterocycles. The Morgan fingerprint density at radius 2 is 2.00 bits per heavy atom. The van der Waals surface area contributed by atoms with Crippen molar-refractivity contribution < 1.29 is 19.5 Å². The van der Waals surface area contributed by atoms with Gasteiger partial charge in [0, 0.05) is 27.8 Å². The average molecular weight is 457 g/mol. The van der Waals surface area contributed by atoms with Crippen molar-refractivity contribution in [3.63, 3.8) is 0 Å². The summed E-state index contributed by atoms with van der Waals surface area (Å²) in [5.74, 6) is -1.41. The van der Waals surface area contributed by atoms with E-state index in [2.05, 4.69) is 15.3 Å². The molecule has 0 radical (unpaired) electrons. The van der Waals surface area contributed by atoms with Crippen LogP contribution in [0.2, 0.25) is 0 Å². The summed E-state index contributed by atoms with van der Waals surface area (Å²) in [6, 6.07) is 5.01. The van der Waals surface area contributed by atoms with Gasteiger partial charge in [0.15, 0.2) is 10.9 Å². The number of H-pyrrole nitrogens is 1. The van der Waals surface area contributed by atoms with Gasteiger partial charge in [-0.1, -0.05) is 20.3 Å². The summed E-state index contributed by atoms with van der Waals surface area (Å²) in [7, 11) is 0. The topological polar surface area (TPSA) is 138 Å². The summed E-state index contributed by atoms with van der Waals surface area (Å²) in [5.41, 5.74) is 7.83. The van der Waals surface area contributed by atoms with Crippen LogP contribution in [0.25, 0.3) is 10.9 Å². The summed E-state index contributed by atoms with van der Waals surface area (Å²) in [6.07, 6.45) is 3.99. The molecule has 0 unspecified atom stereocenters. The molecule has 8 nitrogen and oxygen atoms in total. The van der Waals surface area contributed by atoms with Crippen LogP contribution in [0.15, 0.2) is 18.2 Å². The van der Waals surface area contributed by atoms with Crippen molar-refractivity contribution in [1.82, 2.24) is 9.97 Å². The number of anilines is 1. The molecule has 3 rings (SSSR count). The number of nitrogens with zero attached hydrogens (tertiary/aromatic N) is 1. The van der Waals surface area contributed by atoms with E-state index < -0.39 is 5.97 Å². The third-order valence-corrected chi connectivity index (χ3v) is 6.39. The quantitative estimate of drug-likeness (QED) is 0.315. The molecule has 3 aromatic rings. The van der Waals surface area contributed by atoms with E-state index in [1.54, 1.807) is 18.2 Å². The molecule has 0 aliphatic carbocycles. The highest BCUT2D eigenvalue weighted by Gasteiger charge is 2.20. The van der Waals surface area contributed by atoms with Crippen LogP contribution in [0.5, 0.6) is 0 Å². The number of hydrogen-bond donors (Lipinski definition) is 4. The van der Waals surface area contributed by atoms with Gasteiger partial charge in [-0.3, -0.25) is 14.9 Å². The monoisotopic (exact) mass is 456 g/mol. The molecule has 0 saturated carbocycles. The number of carbonyl (C=O) groups is 3. The fourth-order valence-electron chi connectivity index (χ4n) is 3.60. The van der Waals surface area contributed by atoms with Crippen LogP contribution in [0.3, 0.4) is 0 Å². The number of Topliss-reactive ketones (excluding diaryl/α,β-unsaturated/α-hetero) is 1. The Kier molecular flexibility index (Phi) is 7.76. The molecule has 9 heteroatoms. The van der Waals surface area contributed by atoms with Crippen LogP contribution in [0.1, 0.15) is 81.3 Å². The third-order valence-electron chi connectivity index (χ3n) is 5.27. The van der Waals surface area contributed by atoms with Gasteiger partial charge in [-0.05, 0) is 56.0 Å². The number of nitrogens with one attached hydrogen (secondary N) is 2. The van der Waals surface area contributed by atoms with Gasteiger partial charge < -0.3 is 15.8 Å². The Morgan fingerprint density at radius 1 is 1.22 bits per heavy atom. The van der Waals surface area contributed by atoms with Crippen molar-refractivity contribution in [2.45, 2.75) is 52.4 Å². The van der Waals surface area contributed by atoms with Crippen molar-refractivity contribution in [1.29, 1.82) is 0 Å². The number of unbranched alkanes of at least 4 members (excludes halogenated alkanes) is 1. The number of aromatic amines is 1. The van der Waals surface area contributed by atoms with Crippen LogP contribution in [0, 0.1) is 0 Å². The molecular formula is C23H28N4O4S. The Balaban J connectivity index is 1.88. The van der Waals surface area contributed by atoms with Crippen LogP contribution < -0.4 is 11.1 Å². The predicted molar refractivity (Wildman–Crippen MR) is 126 cm³/mol. The molecular weight excluding hydrogens is 428 g/mol. The van der Waals surface area contributed by atoms with E-state index >= 15 is 0 Å². The molecule has 0 aliphatic heterocycles. The van der Waals surface area contributed by atoms with E-state index in [4.69, 9.17) is 5.73 Å². The highest BCUT2D eigenvalue weighted by molar-refractivity contribution is 7.16. The van der Waals surface area contributed by atoms with Crippen LogP contribution in [-0.2, 0) is 12.8 Å². The number of benzene rings is 1. The van der Waals surface area contributed by atoms with E-state index in [0.29, 0.717) is 65.1 Å². The number of ketones is 1. The number of carboxylic acids is 1. The summed E-state index contributed by atoms with van der Waals surface area (Å²) >= 11 is 1.31. The second kappa shape index (κ2) is 10.5. The molecule has 0 saturated heterocycles. The summed E-state index contributed by atoms with van der Waals surface area (Å²) in [5, 5.41) is 13.4. The standard InChI is InChI=1S/C23H28N4O4S/c1-3-5-8-17(28)20-18(4-2)32-23(26-20)27-21(29)13-9-10-16-15(12-13)14(7-6-11-24)19(25-16)22(30)31/h9-10,12,25H,3-8,11,24H2,1-2H3,(H,30,31)(H,26,27,29). The Bertz CT molecular complexity index is 1150. The minimum Gasteiger partial charge on any atom is -0.477 e. The van der Waals surface area contributed by atoms with Crippen molar-refractivity contribution in [2.75, 3.05) is 11.9 Å². The number of aromatic nitrogens is 2. The molecule has 1 aromatic carbocycles. The van der Waals surface area contributed by atoms with Crippen LogP contribution in [-0.4, -0.2) is 39.3 Å². The Hall–Kier alpha value is -3.04. The minimum atomic E-state index is -1.05. The van der Waals surface area contributed by atoms with E-state index in [0.717, 1.165) is 17.7 Å². The molecule has 0 bridgehead atoms. The predicted octanol–water partition coefficient (Wildman–Crippen LogP) is 4.40. The SMILES string of the molecule is CCCCC(=O)c1nc(NC(=O)c2ccc3[nH]c(C(=O)O)c(CCCN)c3c2)sc1CC. The maximum absolute atomic E-state index is 12.9. The number of rotatable bonds is 11.